The molecule has 0 aliphatic heterocycles. The van der Waals surface area contributed by atoms with Gasteiger partial charge >= 0.3 is 0 Å². The lowest BCUT2D eigenvalue weighted by atomic mass is 10.1. The fraction of sp³-hybridized carbons (Fsp3) is 0.294. The molecule has 1 unspecified atom stereocenters. The number of hydrogen-bond acceptors (Lipinski definition) is 3. The fourth-order valence-electron chi connectivity index (χ4n) is 2.72. The molecule has 114 valence electrons. The molecule has 3 rings (SSSR count). The molecule has 0 spiro atoms. The molecule has 5 heteroatoms. The monoisotopic (exact) mass is 314 g/mol. The Balaban J connectivity index is 1.77. The van der Waals surface area contributed by atoms with Gasteiger partial charge in [0.05, 0.1) is 7.05 Å². The normalized spacial score (nSPS) is 12.7. The molecule has 0 saturated carbocycles. The molecule has 0 aliphatic rings. The first kappa shape index (κ1) is 14.9. The molecule has 0 bridgehead atoms. The maximum Gasteiger partial charge on any atom is 0.258 e. The van der Waals surface area contributed by atoms with Crippen LogP contribution in [0.15, 0.2) is 40.6 Å². The van der Waals surface area contributed by atoms with Gasteiger partial charge in [-0.2, -0.15) is 0 Å². The summed E-state index contributed by atoms with van der Waals surface area (Å²) in [5, 5.41) is 1.89. The molecule has 0 amide bonds. The van der Waals surface area contributed by atoms with Gasteiger partial charge in [-0.1, -0.05) is 23.8 Å². The standard InChI is InChI=1S/C17H19N3OS/c1-12-4-5-14(13(2)8-12)10-19(3)11-15-9-16(21)20-6-7-22-17(20)18-15/h4-9H,10-11H2,1-3H3/p+1. The largest absolute Gasteiger partial charge is 0.329 e. The van der Waals surface area contributed by atoms with Gasteiger partial charge in [-0.25, -0.2) is 4.98 Å². The van der Waals surface area contributed by atoms with Crippen LogP contribution in [0.25, 0.3) is 4.96 Å². The summed E-state index contributed by atoms with van der Waals surface area (Å²) in [4.78, 5) is 18.7. The Bertz CT molecular complexity index is 866. The Kier molecular flexibility index (Phi) is 4.09. The van der Waals surface area contributed by atoms with Crippen molar-refractivity contribution in [3.05, 3.63) is 68.6 Å². The molecule has 4 nitrogen and oxygen atoms in total. The van der Waals surface area contributed by atoms with Crippen LogP contribution in [0.3, 0.4) is 0 Å². The van der Waals surface area contributed by atoms with E-state index >= 15 is 0 Å². The Hall–Kier alpha value is -1.98. The Morgan fingerprint density at radius 3 is 2.82 bits per heavy atom. The highest BCUT2D eigenvalue weighted by Gasteiger charge is 2.11. The quantitative estimate of drug-likeness (QED) is 0.794. The van der Waals surface area contributed by atoms with Crippen molar-refractivity contribution in [2.24, 2.45) is 0 Å². The SMILES string of the molecule is Cc1ccc(C[NH+](C)Cc2cc(=O)n3ccsc3n2)c(C)c1. The van der Waals surface area contributed by atoms with Crippen molar-refractivity contribution in [2.75, 3.05) is 7.05 Å². The lowest BCUT2D eigenvalue weighted by molar-refractivity contribution is -0.908. The first-order chi connectivity index (χ1) is 10.5. The predicted molar refractivity (Wildman–Crippen MR) is 89.5 cm³/mol. The second-order valence-electron chi connectivity index (χ2n) is 5.88. The molecule has 0 aliphatic carbocycles. The summed E-state index contributed by atoms with van der Waals surface area (Å²) < 4.78 is 1.59. The number of aryl methyl sites for hydroxylation is 2. The maximum absolute atomic E-state index is 12.0. The molecule has 2 aromatic heterocycles. The Morgan fingerprint density at radius 1 is 1.23 bits per heavy atom. The van der Waals surface area contributed by atoms with Crippen LogP contribution in [-0.4, -0.2) is 16.4 Å². The molecule has 2 heterocycles. The molecule has 0 saturated heterocycles. The van der Waals surface area contributed by atoms with Crippen LogP contribution in [0.4, 0.5) is 0 Å². The number of hydrogen-bond donors (Lipinski definition) is 1. The topological polar surface area (TPSA) is 38.8 Å². The molecule has 3 aromatic rings. The fourth-order valence-corrected chi connectivity index (χ4v) is 3.46. The minimum atomic E-state index is 0.000525. The molecule has 0 fully saturated rings. The smallest absolute Gasteiger partial charge is 0.258 e. The molecular weight excluding hydrogens is 294 g/mol. The van der Waals surface area contributed by atoms with Crippen molar-refractivity contribution in [3.8, 4) is 0 Å². The van der Waals surface area contributed by atoms with E-state index in [9.17, 15) is 4.79 Å². The van der Waals surface area contributed by atoms with Crippen LogP contribution < -0.4 is 10.5 Å². The van der Waals surface area contributed by atoms with E-state index in [-0.39, 0.29) is 5.56 Å². The third kappa shape index (κ3) is 3.10. The number of rotatable bonds is 4. The van der Waals surface area contributed by atoms with Crippen LogP contribution in [0.1, 0.15) is 22.4 Å². The first-order valence-corrected chi connectivity index (χ1v) is 8.24. The van der Waals surface area contributed by atoms with Crippen LogP contribution in [0.2, 0.25) is 0 Å². The van der Waals surface area contributed by atoms with Crippen molar-refractivity contribution in [3.63, 3.8) is 0 Å². The number of thiazole rings is 1. The highest BCUT2D eigenvalue weighted by Crippen LogP contribution is 2.09. The van der Waals surface area contributed by atoms with E-state index in [2.05, 4.69) is 44.1 Å². The van der Waals surface area contributed by atoms with Gasteiger partial charge < -0.3 is 4.90 Å². The van der Waals surface area contributed by atoms with Gasteiger partial charge in [-0.3, -0.25) is 9.20 Å². The van der Waals surface area contributed by atoms with Gasteiger partial charge in [0, 0.05) is 23.2 Å². The zero-order valence-electron chi connectivity index (χ0n) is 13.1. The molecule has 1 aromatic carbocycles. The van der Waals surface area contributed by atoms with Gasteiger partial charge in [-0.15, -0.1) is 11.3 Å². The number of fused-ring (bicyclic) bond motifs is 1. The Labute approximate surface area is 133 Å². The molecule has 0 radical (unpaired) electrons. The summed E-state index contributed by atoms with van der Waals surface area (Å²) in [5.41, 5.74) is 4.81. The minimum absolute atomic E-state index is 0.000525. The first-order valence-electron chi connectivity index (χ1n) is 7.36. The highest BCUT2D eigenvalue weighted by atomic mass is 32.1. The zero-order chi connectivity index (χ0) is 15.7. The van der Waals surface area contributed by atoms with E-state index in [0.29, 0.717) is 0 Å². The van der Waals surface area contributed by atoms with Crippen molar-refractivity contribution < 1.29 is 4.90 Å². The van der Waals surface area contributed by atoms with Crippen molar-refractivity contribution in [1.82, 2.24) is 9.38 Å². The van der Waals surface area contributed by atoms with E-state index < -0.39 is 0 Å². The number of nitrogens with one attached hydrogen (secondary N) is 1. The number of quaternary nitrogens is 1. The van der Waals surface area contributed by atoms with Gasteiger partial charge in [0.1, 0.15) is 18.8 Å². The summed E-state index contributed by atoms with van der Waals surface area (Å²) >= 11 is 1.49. The van der Waals surface area contributed by atoms with E-state index in [1.54, 1.807) is 16.7 Å². The second kappa shape index (κ2) is 6.02. The maximum atomic E-state index is 12.0. The summed E-state index contributed by atoms with van der Waals surface area (Å²) in [6.07, 6.45) is 1.77. The Morgan fingerprint density at radius 2 is 2.05 bits per heavy atom. The lowest BCUT2D eigenvalue weighted by Crippen LogP contribution is -3.06. The van der Waals surface area contributed by atoms with Crippen molar-refractivity contribution in [2.45, 2.75) is 26.9 Å². The number of nitrogens with zero attached hydrogens (tertiary/aromatic N) is 2. The highest BCUT2D eigenvalue weighted by molar-refractivity contribution is 7.15. The van der Waals surface area contributed by atoms with Gasteiger partial charge in [0.25, 0.3) is 5.56 Å². The molecular formula is C17H20N3OS+. The lowest BCUT2D eigenvalue weighted by Gasteiger charge is -2.15. The number of aromatic nitrogens is 2. The third-order valence-corrected chi connectivity index (χ3v) is 4.59. The second-order valence-corrected chi connectivity index (χ2v) is 6.75. The molecule has 1 atom stereocenters. The third-order valence-electron chi connectivity index (χ3n) is 3.83. The van der Waals surface area contributed by atoms with Crippen LogP contribution in [0.5, 0.6) is 0 Å². The zero-order valence-corrected chi connectivity index (χ0v) is 13.9. The van der Waals surface area contributed by atoms with Crippen LogP contribution >= 0.6 is 11.3 Å². The predicted octanol–water partition coefficient (Wildman–Crippen LogP) is 1.59. The number of benzene rings is 1. The van der Waals surface area contributed by atoms with Gasteiger partial charge in [-0.05, 0) is 19.4 Å². The van der Waals surface area contributed by atoms with Gasteiger partial charge in [0.15, 0.2) is 4.96 Å². The van der Waals surface area contributed by atoms with Crippen LogP contribution in [0, 0.1) is 13.8 Å². The summed E-state index contributed by atoms with van der Waals surface area (Å²) in [5.74, 6) is 0. The van der Waals surface area contributed by atoms with Crippen molar-refractivity contribution >= 4 is 16.3 Å². The summed E-state index contributed by atoms with van der Waals surface area (Å²) in [6, 6.07) is 8.20. The van der Waals surface area contributed by atoms with E-state index in [1.807, 2.05) is 5.38 Å². The minimum Gasteiger partial charge on any atom is -0.329 e. The molecule has 22 heavy (non-hydrogen) atoms. The van der Waals surface area contributed by atoms with Gasteiger partial charge in [0.2, 0.25) is 0 Å². The van der Waals surface area contributed by atoms with Crippen molar-refractivity contribution in [1.29, 1.82) is 0 Å². The molecule has 1 N–H and O–H groups in total. The average Bonchev–Trinajstić information content (AvgIpc) is 2.91. The van der Waals surface area contributed by atoms with Crippen LogP contribution in [-0.2, 0) is 13.1 Å². The average molecular weight is 314 g/mol. The van der Waals surface area contributed by atoms with E-state index in [4.69, 9.17) is 0 Å². The summed E-state index contributed by atoms with van der Waals surface area (Å²) in [7, 11) is 2.14. The van der Waals surface area contributed by atoms with E-state index in [1.165, 1.54) is 32.9 Å². The summed E-state index contributed by atoms with van der Waals surface area (Å²) in [6.45, 7) is 5.94. The van der Waals surface area contributed by atoms with E-state index in [0.717, 1.165) is 23.7 Å².